The fourth-order valence-electron chi connectivity index (χ4n) is 4.33. The van der Waals surface area contributed by atoms with Gasteiger partial charge in [-0.2, -0.15) is 0 Å². The van der Waals surface area contributed by atoms with Crippen LogP contribution in [0.1, 0.15) is 27.9 Å². The van der Waals surface area contributed by atoms with Gasteiger partial charge in [-0.3, -0.25) is 9.69 Å². The quantitative estimate of drug-likeness (QED) is 0.812. The van der Waals surface area contributed by atoms with E-state index in [9.17, 15) is 13.2 Å². The first-order valence-electron chi connectivity index (χ1n) is 10.5. The molecule has 0 radical (unpaired) electrons. The number of sulfone groups is 1. The highest BCUT2D eigenvalue weighted by Gasteiger charge is 2.34. The Kier molecular flexibility index (Phi) is 5.84. The minimum atomic E-state index is -2.89. The molecule has 6 nitrogen and oxygen atoms in total. The van der Waals surface area contributed by atoms with Crippen LogP contribution in [0.25, 0.3) is 0 Å². The number of carbonyl (C=O) groups is 1. The number of amides is 1. The minimum Gasteiger partial charge on any atom is -0.355 e. The number of para-hydroxylation sites is 1. The van der Waals surface area contributed by atoms with Crippen molar-refractivity contribution < 1.29 is 13.2 Å². The Bertz CT molecular complexity index is 1040. The van der Waals surface area contributed by atoms with Crippen LogP contribution in [0.5, 0.6) is 0 Å². The molecule has 1 atom stereocenters. The smallest absolute Gasteiger partial charge is 0.256 e. The van der Waals surface area contributed by atoms with Crippen LogP contribution in [0.4, 0.5) is 11.4 Å². The van der Waals surface area contributed by atoms with Gasteiger partial charge in [-0.05, 0) is 49.6 Å². The second-order valence-electron chi connectivity index (χ2n) is 8.30. The summed E-state index contributed by atoms with van der Waals surface area (Å²) in [7, 11) is -2.89. The summed E-state index contributed by atoms with van der Waals surface area (Å²) >= 11 is 0. The third kappa shape index (κ3) is 4.37. The summed E-state index contributed by atoms with van der Waals surface area (Å²) in [5, 5.41) is 3.44. The number of carbonyl (C=O) groups excluding carboxylic acids is 1. The Labute approximate surface area is 178 Å². The van der Waals surface area contributed by atoms with Crippen LogP contribution < -0.4 is 5.32 Å². The maximum absolute atomic E-state index is 13.3. The number of benzene rings is 2. The normalized spacial score (nSPS) is 21.5. The third-order valence-corrected chi connectivity index (χ3v) is 8.11. The van der Waals surface area contributed by atoms with Gasteiger partial charge in [0, 0.05) is 37.9 Å². The number of aryl methyl sites for hydroxylation is 1. The Hall–Kier alpha value is -2.38. The molecular weight excluding hydrogens is 398 g/mol. The van der Waals surface area contributed by atoms with Crippen molar-refractivity contribution in [1.82, 2.24) is 9.80 Å². The van der Waals surface area contributed by atoms with Crippen molar-refractivity contribution in [2.75, 3.05) is 43.0 Å². The number of hydrogen-bond acceptors (Lipinski definition) is 5. The van der Waals surface area contributed by atoms with Crippen LogP contribution in [0.2, 0.25) is 0 Å². The van der Waals surface area contributed by atoms with Gasteiger partial charge in [-0.25, -0.2) is 8.42 Å². The molecule has 2 aliphatic rings. The van der Waals surface area contributed by atoms with Gasteiger partial charge in [0.05, 0.1) is 22.8 Å². The summed E-state index contributed by atoms with van der Waals surface area (Å²) in [5.74, 6) is 0.555. The molecule has 0 aromatic heterocycles. The van der Waals surface area contributed by atoms with Gasteiger partial charge in [-0.1, -0.05) is 24.3 Å². The van der Waals surface area contributed by atoms with E-state index in [0.717, 1.165) is 24.5 Å². The third-order valence-electron chi connectivity index (χ3n) is 6.36. The molecule has 30 heavy (non-hydrogen) atoms. The van der Waals surface area contributed by atoms with E-state index in [1.54, 1.807) is 0 Å². The Morgan fingerprint density at radius 2 is 1.67 bits per heavy atom. The summed E-state index contributed by atoms with van der Waals surface area (Å²) in [4.78, 5) is 17.4. The molecule has 0 saturated carbocycles. The fourth-order valence-corrected chi connectivity index (χ4v) is 6.10. The molecule has 2 heterocycles. The first kappa shape index (κ1) is 20.9. The monoisotopic (exact) mass is 427 g/mol. The molecule has 2 fully saturated rings. The van der Waals surface area contributed by atoms with Crippen molar-refractivity contribution in [2.24, 2.45) is 0 Å². The average Bonchev–Trinajstić information content (AvgIpc) is 3.11. The lowest BCUT2D eigenvalue weighted by atomic mass is 10.1. The van der Waals surface area contributed by atoms with Crippen molar-refractivity contribution in [2.45, 2.75) is 26.3 Å². The molecule has 4 rings (SSSR count). The van der Waals surface area contributed by atoms with E-state index in [4.69, 9.17) is 0 Å². The fraction of sp³-hybridized carbons (Fsp3) is 0.435. The number of piperazine rings is 1. The number of anilines is 2. The predicted octanol–water partition coefficient (Wildman–Crippen LogP) is 2.99. The lowest BCUT2D eigenvalue weighted by molar-refractivity contribution is 0.0589. The van der Waals surface area contributed by atoms with Gasteiger partial charge in [0.15, 0.2) is 9.84 Å². The second kappa shape index (κ2) is 8.40. The summed E-state index contributed by atoms with van der Waals surface area (Å²) in [6.07, 6.45) is 0.707. The van der Waals surface area contributed by atoms with Crippen LogP contribution >= 0.6 is 0 Å². The molecule has 0 aliphatic carbocycles. The molecule has 2 aromatic carbocycles. The molecular formula is C23H29N3O3S. The number of nitrogens with zero attached hydrogens (tertiary/aromatic N) is 2. The highest BCUT2D eigenvalue weighted by molar-refractivity contribution is 7.91. The predicted molar refractivity (Wildman–Crippen MR) is 120 cm³/mol. The van der Waals surface area contributed by atoms with Gasteiger partial charge in [-0.15, -0.1) is 0 Å². The van der Waals surface area contributed by atoms with E-state index in [1.807, 2.05) is 41.3 Å². The van der Waals surface area contributed by atoms with E-state index >= 15 is 0 Å². The lowest BCUT2D eigenvalue weighted by Gasteiger charge is -2.37. The summed E-state index contributed by atoms with van der Waals surface area (Å²) in [6, 6.07) is 13.8. The first-order valence-corrected chi connectivity index (χ1v) is 12.3. The molecule has 2 aliphatic heterocycles. The summed E-state index contributed by atoms with van der Waals surface area (Å²) < 4.78 is 23.6. The summed E-state index contributed by atoms with van der Waals surface area (Å²) in [6.45, 7) is 6.83. The summed E-state index contributed by atoms with van der Waals surface area (Å²) in [5.41, 5.74) is 4.84. The molecule has 160 valence electrons. The SMILES string of the molecule is Cc1cccc(Nc2ccccc2C(=O)N2CCN(C3CCS(=O)(=O)C3)CC2)c1C. The molecule has 7 heteroatoms. The van der Waals surface area contributed by atoms with E-state index in [1.165, 1.54) is 11.1 Å². The van der Waals surface area contributed by atoms with Crippen molar-refractivity contribution in [1.29, 1.82) is 0 Å². The molecule has 2 aromatic rings. The van der Waals surface area contributed by atoms with Crippen molar-refractivity contribution >= 4 is 27.1 Å². The molecule has 0 bridgehead atoms. The van der Waals surface area contributed by atoms with Crippen LogP contribution in [-0.4, -0.2) is 67.9 Å². The molecule has 1 amide bonds. The highest BCUT2D eigenvalue weighted by atomic mass is 32.2. The maximum atomic E-state index is 13.3. The zero-order valence-corrected chi connectivity index (χ0v) is 18.4. The largest absolute Gasteiger partial charge is 0.355 e. The average molecular weight is 428 g/mol. The van der Waals surface area contributed by atoms with Crippen LogP contribution in [0.15, 0.2) is 42.5 Å². The second-order valence-corrected chi connectivity index (χ2v) is 10.5. The van der Waals surface area contributed by atoms with Crippen molar-refractivity contribution in [3.05, 3.63) is 59.2 Å². The number of nitrogens with one attached hydrogen (secondary N) is 1. The minimum absolute atomic E-state index is 0.0158. The van der Waals surface area contributed by atoms with E-state index in [2.05, 4.69) is 30.1 Å². The highest BCUT2D eigenvalue weighted by Crippen LogP contribution is 2.27. The zero-order chi connectivity index (χ0) is 21.3. The Balaban J connectivity index is 1.45. The van der Waals surface area contributed by atoms with Crippen molar-refractivity contribution in [3.63, 3.8) is 0 Å². The van der Waals surface area contributed by atoms with Crippen LogP contribution in [-0.2, 0) is 9.84 Å². The van der Waals surface area contributed by atoms with Gasteiger partial charge in [0.1, 0.15) is 0 Å². The molecule has 0 spiro atoms. The molecule has 1 N–H and O–H groups in total. The van der Waals surface area contributed by atoms with Gasteiger partial charge in [0.25, 0.3) is 5.91 Å². The maximum Gasteiger partial charge on any atom is 0.256 e. The van der Waals surface area contributed by atoms with E-state index in [0.29, 0.717) is 25.1 Å². The molecule has 1 unspecified atom stereocenters. The Morgan fingerprint density at radius 3 is 2.37 bits per heavy atom. The van der Waals surface area contributed by atoms with Gasteiger partial charge in [0.2, 0.25) is 0 Å². The lowest BCUT2D eigenvalue weighted by Crippen LogP contribution is -2.52. The molecule has 2 saturated heterocycles. The van der Waals surface area contributed by atoms with Crippen LogP contribution in [0.3, 0.4) is 0 Å². The zero-order valence-electron chi connectivity index (χ0n) is 17.6. The standard InChI is InChI=1S/C23H29N3O3S/c1-17-6-5-9-21(18(17)2)24-22-8-4-3-7-20(22)23(27)26-13-11-25(12-14-26)19-10-15-30(28,29)16-19/h3-9,19,24H,10-16H2,1-2H3. The Morgan fingerprint density at radius 1 is 0.967 bits per heavy atom. The number of rotatable bonds is 4. The van der Waals surface area contributed by atoms with Crippen molar-refractivity contribution in [3.8, 4) is 0 Å². The van der Waals surface area contributed by atoms with Gasteiger partial charge < -0.3 is 10.2 Å². The van der Waals surface area contributed by atoms with E-state index < -0.39 is 9.84 Å². The van der Waals surface area contributed by atoms with Gasteiger partial charge >= 0.3 is 0 Å². The van der Waals surface area contributed by atoms with Crippen LogP contribution in [0, 0.1) is 13.8 Å². The first-order chi connectivity index (χ1) is 14.3. The van der Waals surface area contributed by atoms with E-state index in [-0.39, 0.29) is 23.5 Å². The number of hydrogen-bond donors (Lipinski definition) is 1. The topological polar surface area (TPSA) is 69.7 Å².